The summed E-state index contributed by atoms with van der Waals surface area (Å²) >= 11 is 0. The van der Waals surface area contributed by atoms with Crippen molar-refractivity contribution in [1.29, 1.82) is 0 Å². The predicted octanol–water partition coefficient (Wildman–Crippen LogP) is 4.37. The number of nitrogens with zero attached hydrogens (tertiary/aromatic N) is 2. The van der Waals surface area contributed by atoms with Gasteiger partial charge in [-0.2, -0.15) is 13.2 Å². The lowest BCUT2D eigenvalue weighted by Crippen LogP contribution is -2.29. The number of hydrogen-bond acceptors (Lipinski definition) is 3. The summed E-state index contributed by atoms with van der Waals surface area (Å²) in [6, 6.07) is 11.3. The Bertz CT molecular complexity index is 1020. The summed E-state index contributed by atoms with van der Waals surface area (Å²) in [7, 11) is 3.39. The third-order valence-corrected chi connectivity index (χ3v) is 4.52. The van der Waals surface area contributed by atoms with E-state index in [4.69, 9.17) is 4.74 Å². The van der Waals surface area contributed by atoms with Gasteiger partial charge in [-0.15, -0.1) is 0 Å². The summed E-state index contributed by atoms with van der Waals surface area (Å²) in [5.41, 5.74) is 0.552. The molecule has 0 saturated carbocycles. The third-order valence-electron chi connectivity index (χ3n) is 4.52. The fraction of sp³-hybridized carbons (Fsp3) is 0.182. The molecule has 30 heavy (non-hydrogen) atoms. The molecule has 3 aromatic rings. The predicted molar refractivity (Wildman–Crippen MR) is 107 cm³/mol. The van der Waals surface area contributed by atoms with Gasteiger partial charge in [0.15, 0.2) is 0 Å². The Labute approximate surface area is 171 Å². The van der Waals surface area contributed by atoms with Crippen LogP contribution < -0.4 is 10.1 Å². The fourth-order valence-corrected chi connectivity index (χ4v) is 2.89. The molecule has 1 amide bonds. The Balaban J connectivity index is 1.78. The van der Waals surface area contributed by atoms with E-state index in [0.29, 0.717) is 17.1 Å². The molecular formula is C22H20F3N3O2. The van der Waals surface area contributed by atoms with E-state index >= 15 is 0 Å². The zero-order chi connectivity index (χ0) is 21.7. The molecule has 0 aliphatic carbocycles. The maximum atomic E-state index is 12.7. The normalized spacial score (nSPS) is 12.7. The van der Waals surface area contributed by atoms with Crippen LogP contribution in [0, 0.1) is 0 Å². The highest BCUT2D eigenvalue weighted by molar-refractivity contribution is 5.92. The van der Waals surface area contributed by atoms with Crippen molar-refractivity contribution < 1.29 is 22.7 Å². The third kappa shape index (κ3) is 5.08. The molecule has 156 valence electrons. The number of ether oxygens (including phenoxy) is 1. The fourth-order valence-electron chi connectivity index (χ4n) is 2.89. The van der Waals surface area contributed by atoms with Gasteiger partial charge in [0.05, 0.1) is 12.7 Å². The number of amides is 1. The molecule has 1 atom stereocenters. The maximum absolute atomic E-state index is 12.7. The minimum atomic E-state index is -4.40. The van der Waals surface area contributed by atoms with Gasteiger partial charge in [-0.25, -0.2) is 4.98 Å². The number of aryl methyl sites for hydroxylation is 1. The number of hydrogen-bond donors (Lipinski definition) is 1. The van der Waals surface area contributed by atoms with E-state index in [9.17, 15) is 18.0 Å². The summed E-state index contributed by atoms with van der Waals surface area (Å²) in [6.07, 6.45) is 1.75. The van der Waals surface area contributed by atoms with Crippen LogP contribution in [0.25, 0.3) is 6.08 Å². The lowest BCUT2D eigenvalue weighted by molar-refractivity contribution is -0.137. The molecule has 8 heteroatoms. The van der Waals surface area contributed by atoms with Crippen molar-refractivity contribution in [2.45, 2.75) is 12.2 Å². The number of halogens is 3. The van der Waals surface area contributed by atoms with Crippen molar-refractivity contribution in [1.82, 2.24) is 14.9 Å². The molecular weight excluding hydrogens is 395 g/mol. The van der Waals surface area contributed by atoms with Crippen LogP contribution in [0.4, 0.5) is 13.2 Å². The number of rotatable bonds is 6. The summed E-state index contributed by atoms with van der Waals surface area (Å²) in [6.45, 7) is 0. The number of benzene rings is 2. The van der Waals surface area contributed by atoms with Crippen molar-refractivity contribution in [2.75, 3.05) is 7.11 Å². The van der Waals surface area contributed by atoms with Crippen LogP contribution in [0.15, 0.2) is 67.0 Å². The van der Waals surface area contributed by atoms with Crippen LogP contribution in [0.3, 0.4) is 0 Å². The molecule has 0 aliphatic heterocycles. The van der Waals surface area contributed by atoms with Crippen molar-refractivity contribution in [3.63, 3.8) is 0 Å². The van der Waals surface area contributed by atoms with Crippen molar-refractivity contribution >= 4 is 12.0 Å². The molecule has 0 fully saturated rings. The standard InChI is InChI=1S/C22H20F3N3O2/c1-28-14-13-26-21(28)20(16-6-10-18(30-2)11-7-16)27-19(29)12-5-15-3-8-17(9-4-15)22(23,24)25/h3-14,20H,1-2H3,(H,27,29)/b12-5+. The number of methoxy groups -OCH3 is 1. The first-order valence-corrected chi connectivity index (χ1v) is 9.05. The number of nitrogens with one attached hydrogen (secondary N) is 1. The van der Waals surface area contributed by atoms with Gasteiger partial charge in [-0.1, -0.05) is 24.3 Å². The van der Waals surface area contributed by atoms with Crippen LogP contribution in [0.2, 0.25) is 0 Å². The molecule has 1 unspecified atom stereocenters. The highest BCUT2D eigenvalue weighted by Crippen LogP contribution is 2.29. The Morgan fingerprint density at radius 1 is 1.13 bits per heavy atom. The quantitative estimate of drug-likeness (QED) is 0.609. The van der Waals surface area contributed by atoms with E-state index in [2.05, 4.69) is 10.3 Å². The summed E-state index contributed by atoms with van der Waals surface area (Å²) < 4.78 is 44.9. The van der Waals surface area contributed by atoms with Crippen LogP contribution in [-0.4, -0.2) is 22.6 Å². The van der Waals surface area contributed by atoms with Crippen LogP contribution in [0.1, 0.15) is 28.6 Å². The van der Waals surface area contributed by atoms with Gasteiger partial charge in [0.1, 0.15) is 17.6 Å². The first-order valence-electron chi connectivity index (χ1n) is 9.05. The summed E-state index contributed by atoms with van der Waals surface area (Å²) in [4.78, 5) is 16.8. The van der Waals surface area contributed by atoms with E-state index in [0.717, 1.165) is 17.7 Å². The molecule has 0 spiro atoms. The lowest BCUT2D eigenvalue weighted by Gasteiger charge is -2.18. The van der Waals surface area contributed by atoms with E-state index in [1.165, 1.54) is 24.3 Å². The van der Waals surface area contributed by atoms with Gasteiger partial charge in [-0.05, 0) is 41.5 Å². The number of carbonyl (C=O) groups is 1. The van der Waals surface area contributed by atoms with Gasteiger partial charge in [0.25, 0.3) is 0 Å². The number of alkyl halides is 3. The Kier molecular flexibility index (Phi) is 6.25. The van der Waals surface area contributed by atoms with Gasteiger partial charge in [0.2, 0.25) is 5.91 Å². The molecule has 1 N–H and O–H groups in total. The van der Waals surface area contributed by atoms with Crippen molar-refractivity contribution in [2.24, 2.45) is 7.05 Å². The molecule has 0 saturated heterocycles. The minimum absolute atomic E-state index is 0.404. The largest absolute Gasteiger partial charge is 0.497 e. The van der Waals surface area contributed by atoms with E-state index in [-0.39, 0.29) is 0 Å². The number of carbonyl (C=O) groups excluding carboxylic acids is 1. The van der Waals surface area contributed by atoms with Crippen LogP contribution in [-0.2, 0) is 18.0 Å². The molecule has 1 aromatic heterocycles. The Morgan fingerprint density at radius 2 is 1.80 bits per heavy atom. The van der Waals surface area contributed by atoms with Gasteiger partial charge < -0.3 is 14.6 Å². The molecule has 3 rings (SSSR count). The molecule has 5 nitrogen and oxygen atoms in total. The molecule has 0 bridgehead atoms. The van der Waals surface area contributed by atoms with E-state index in [1.807, 2.05) is 19.2 Å². The van der Waals surface area contributed by atoms with Crippen LogP contribution >= 0.6 is 0 Å². The second-order valence-corrected chi connectivity index (χ2v) is 6.56. The van der Waals surface area contributed by atoms with Gasteiger partial charge in [-0.3, -0.25) is 4.79 Å². The zero-order valence-corrected chi connectivity index (χ0v) is 16.4. The second kappa shape index (κ2) is 8.86. The second-order valence-electron chi connectivity index (χ2n) is 6.56. The molecule has 0 radical (unpaired) electrons. The highest BCUT2D eigenvalue weighted by atomic mass is 19.4. The number of imidazole rings is 1. The SMILES string of the molecule is COc1ccc(C(NC(=O)/C=C/c2ccc(C(F)(F)F)cc2)c2nccn2C)cc1. The first kappa shape index (κ1) is 21.2. The minimum Gasteiger partial charge on any atom is -0.497 e. The van der Waals surface area contributed by atoms with Crippen molar-refractivity contribution in [3.05, 3.63) is 89.5 Å². The topological polar surface area (TPSA) is 56.1 Å². The van der Waals surface area contributed by atoms with E-state index < -0.39 is 23.7 Å². The van der Waals surface area contributed by atoms with Gasteiger partial charge in [0, 0.05) is 25.5 Å². The maximum Gasteiger partial charge on any atom is 0.416 e. The summed E-state index contributed by atoms with van der Waals surface area (Å²) in [5, 5.41) is 2.89. The van der Waals surface area contributed by atoms with Crippen LogP contribution in [0.5, 0.6) is 5.75 Å². The van der Waals surface area contributed by atoms with E-state index in [1.54, 1.807) is 36.2 Å². The molecule has 2 aromatic carbocycles. The summed E-state index contributed by atoms with van der Waals surface area (Å²) in [5.74, 6) is 0.918. The molecule has 1 heterocycles. The lowest BCUT2D eigenvalue weighted by atomic mass is 10.1. The van der Waals surface area contributed by atoms with Crippen molar-refractivity contribution in [3.8, 4) is 5.75 Å². The molecule has 0 aliphatic rings. The smallest absolute Gasteiger partial charge is 0.416 e. The van der Waals surface area contributed by atoms with Gasteiger partial charge >= 0.3 is 6.18 Å². The average Bonchev–Trinajstić information content (AvgIpc) is 3.16. The average molecular weight is 415 g/mol. The highest BCUT2D eigenvalue weighted by Gasteiger charge is 2.29. The number of aromatic nitrogens is 2. The Morgan fingerprint density at radius 3 is 2.33 bits per heavy atom. The monoisotopic (exact) mass is 415 g/mol. The first-order chi connectivity index (χ1) is 14.3. The zero-order valence-electron chi connectivity index (χ0n) is 16.4. The Hall–Kier alpha value is -3.55.